The van der Waals surface area contributed by atoms with Crippen LogP contribution in [0.15, 0.2) is 55.2 Å². The van der Waals surface area contributed by atoms with Gasteiger partial charge in [-0.05, 0) is 37.1 Å². The van der Waals surface area contributed by atoms with Crippen LogP contribution in [-0.4, -0.2) is 4.98 Å². The van der Waals surface area contributed by atoms with Crippen molar-refractivity contribution in [2.75, 3.05) is 5.73 Å². The van der Waals surface area contributed by atoms with Crippen LogP contribution in [-0.2, 0) is 0 Å². The molecule has 1 heterocycles. The molecule has 0 atom stereocenters. The highest BCUT2D eigenvalue weighted by Gasteiger charge is 2.00. The first-order chi connectivity index (χ1) is 9.58. The van der Waals surface area contributed by atoms with Crippen molar-refractivity contribution in [2.45, 2.75) is 34.1 Å². The maximum absolute atomic E-state index is 5.75. The van der Waals surface area contributed by atoms with Crippen LogP contribution in [0.5, 0.6) is 0 Å². The van der Waals surface area contributed by atoms with Gasteiger partial charge in [0.15, 0.2) is 0 Å². The number of aromatic nitrogens is 1. The van der Waals surface area contributed by atoms with Crippen LogP contribution in [0.1, 0.15) is 38.4 Å². The normalized spacial score (nSPS) is 11.5. The van der Waals surface area contributed by atoms with Crippen LogP contribution in [0, 0.1) is 6.92 Å². The van der Waals surface area contributed by atoms with E-state index in [9.17, 15) is 0 Å². The molecule has 0 aliphatic carbocycles. The molecule has 0 spiro atoms. The quantitative estimate of drug-likeness (QED) is 0.774. The summed E-state index contributed by atoms with van der Waals surface area (Å²) in [7, 11) is 0. The Morgan fingerprint density at radius 2 is 1.95 bits per heavy atom. The first-order valence-corrected chi connectivity index (χ1v) is 6.95. The fourth-order valence-electron chi connectivity index (χ4n) is 1.53. The van der Waals surface area contributed by atoms with Crippen LogP contribution in [0.3, 0.4) is 0 Å². The van der Waals surface area contributed by atoms with Gasteiger partial charge in [0.05, 0.1) is 0 Å². The minimum absolute atomic E-state index is 0.545. The largest absolute Gasteiger partial charge is 0.384 e. The number of hydrogen-bond acceptors (Lipinski definition) is 2. The number of rotatable bonds is 4. The second-order valence-corrected chi connectivity index (χ2v) is 4.37. The molecular weight excluding hydrogens is 244 g/mol. The molecule has 2 heteroatoms. The molecule has 1 rings (SSSR count). The van der Waals surface area contributed by atoms with Gasteiger partial charge in [-0.1, -0.05) is 63.3 Å². The van der Waals surface area contributed by atoms with E-state index in [1.807, 2.05) is 56.4 Å². The average molecular weight is 270 g/mol. The maximum atomic E-state index is 5.75. The van der Waals surface area contributed by atoms with Crippen LogP contribution >= 0.6 is 0 Å². The van der Waals surface area contributed by atoms with Gasteiger partial charge in [-0.15, -0.1) is 0 Å². The zero-order valence-corrected chi connectivity index (χ0v) is 13.1. The van der Waals surface area contributed by atoms with Crippen LogP contribution in [0.25, 0.3) is 5.57 Å². The summed E-state index contributed by atoms with van der Waals surface area (Å²) in [5.41, 5.74) is 8.84. The van der Waals surface area contributed by atoms with Crippen molar-refractivity contribution in [3.63, 3.8) is 0 Å². The summed E-state index contributed by atoms with van der Waals surface area (Å²) in [5.74, 6) is 0.545. The molecule has 0 bridgehead atoms. The first kappa shape index (κ1) is 17.9. The SMILES string of the molecule is C=C/C=C/C=C(\C=C/C)c1cc(C)nc(N)c1.CCC. The molecule has 0 aromatic carbocycles. The molecule has 0 fully saturated rings. The summed E-state index contributed by atoms with van der Waals surface area (Å²) in [6.45, 7) is 11.8. The minimum atomic E-state index is 0.545. The lowest BCUT2D eigenvalue weighted by molar-refractivity contribution is 1.09. The summed E-state index contributed by atoms with van der Waals surface area (Å²) in [6.07, 6.45) is 12.9. The molecule has 0 amide bonds. The number of anilines is 1. The van der Waals surface area contributed by atoms with Gasteiger partial charge in [0, 0.05) is 5.69 Å². The number of allylic oxidation sites excluding steroid dienone is 7. The molecule has 0 saturated carbocycles. The molecule has 0 aliphatic rings. The van der Waals surface area contributed by atoms with Gasteiger partial charge in [-0.3, -0.25) is 0 Å². The van der Waals surface area contributed by atoms with Crippen LogP contribution < -0.4 is 5.73 Å². The number of nitrogen functional groups attached to an aromatic ring is 1. The predicted molar refractivity (Wildman–Crippen MR) is 91.5 cm³/mol. The Hall–Kier alpha value is -2.09. The zero-order chi connectivity index (χ0) is 15.4. The minimum Gasteiger partial charge on any atom is -0.384 e. The third kappa shape index (κ3) is 7.37. The Morgan fingerprint density at radius 1 is 1.30 bits per heavy atom. The number of pyridine rings is 1. The summed E-state index contributed by atoms with van der Waals surface area (Å²) >= 11 is 0. The second kappa shape index (κ2) is 10.8. The second-order valence-electron chi connectivity index (χ2n) is 4.37. The van der Waals surface area contributed by atoms with Crippen molar-refractivity contribution in [3.05, 3.63) is 66.4 Å². The van der Waals surface area contributed by atoms with Crippen molar-refractivity contribution < 1.29 is 0 Å². The molecule has 0 saturated heterocycles. The van der Waals surface area contributed by atoms with Crippen LogP contribution in [0.2, 0.25) is 0 Å². The number of aryl methyl sites for hydroxylation is 1. The van der Waals surface area contributed by atoms with Gasteiger partial charge in [-0.25, -0.2) is 4.98 Å². The Bertz CT molecular complexity index is 474. The summed E-state index contributed by atoms with van der Waals surface area (Å²) < 4.78 is 0. The average Bonchev–Trinajstić information content (AvgIpc) is 2.38. The van der Waals surface area contributed by atoms with Crippen molar-refractivity contribution in [3.8, 4) is 0 Å². The number of hydrogen-bond donors (Lipinski definition) is 1. The maximum Gasteiger partial charge on any atom is 0.124 e. The Balaban J connectivity index is 0.00000110. The van der Waals surface area contributed by atoms with Gasteiger partial charge >= 0.3 is 0 Å². The van der Waals surface area contributed by atoms with E-state index < -0.39 is 0 Å². The van der Waals surface area contributed by atoms with Gasteiger partial charge in [0.2, 0.25) is 0 Å². The Morgan fingerprint density at radius 3 is 2.45 bits per heavy atom. The topological polar surface area (TPSA) is 38.9 Å². The standard InChI is InChI=1S/C15H18N2.C3H8/c1-4-6-7-9-13(8-5-2)14-10-12(3)17-15(16)11-14;1-3-2/h4-11H,1H2,2-3H3,(H2,16,17);3H2,1-2H3/b7-6+,8-5-,13-9+;. The van der Waals surface area contributed by atoms with E-state index in [2.05, 4.69) is 25.4 Å². The zero-order valence-electron chi connectivity index (χ0n) is 13.1. The Kier molecular flexibility index (Phi) is 9.67. The van der Waals surface area contributed by atoms with E-state index in [4.69, 9.17) is 5.73 Å². The molecule has 20 heavy (non-hydrogen) atoms. The van der Waals surface area contributed by atoms with Gasteiger partial charge in [-0.2, -0.15) is 0 Å². The lowest BCUT2D eigenvalue weighted by Crippen LogP contribution is -1.94. The van der Waals surface area contributed by atoms with Crippen LogP contribution in [0.4, 0.5) is 5.82 Å². The summed E-state index contributed by atoms with van der Waals surface area (Å²) in [6, 6.07) is 3.89. The molecule has 1 aromatic heterocycles. The van der Waals surface area contributed by atoms with Crippen molar-refractivity contribution >= 4 is 11.4 Å². The van der Waals surface area contributed by atoms with Crippen molar-refractivity contribution in [1.82, 2.24) is 4.98 Å². The molecule has 2 N–H and O–H groups in total. The van der Waals surface area contributed by atoms with E-state index in [1.54, 1.807) is 6.08 Å². The molecule has 0 radical (unpaired) electrons. The molecule has 1 aromatic rings. The molecule has 2 nitrogen and oxygen atoms in total. The first-order valence-electron chi connectivity index (χ1n) is 6.95. The van der Waals surface area contributed by atoms with E-state index in [1.165, 1.54) is 6.42 Å². The van der Waals surface area contributed by atoms with E-state index >= 15 is 0 Å². The fourth-order valence-corrected chi connectivity index (χ4v) is 1.53. The van der Waals surface area contributed by atoms with E-state index in [0.717, 1.165) is 16.8 Å². The Labute approximate surface area is 123 Å². The summed E-state index contributed by atoms with van der Waals surface area (Å²) in [4.78, 5) is 4.17. The van der Waals surface area contributed by atoms with Crippen molar-refractivity contribution in [2.24, 2.45) is 0 Å². The third-order valence-electron chi connectivity index (χ3n) is 2.18. The highest BCUT2D eigenvalue weighted by Crippen LogP contribution is 2.19. The van der Waals surface area contributed by atoms with Crippen molar-refractivity contribution in [1.29, 1.82) is 0 Å². The summed E-state index contributed by atoms with van der Waals surface area (Å²) in [5, 5.41) is 0. The highest BCUT2D eigenvalue weighted by atomic mass is 14.8. The molecular formula is C18H26N2. The molecule has 108 valence electrons. The number of nitrogens with two attached hydrogens (primary N) is 1. The lowest BCUT2D eigenvalue weighted by Gasteiger charge is -2.04. The van der Waals surface area contributed by atoms with Gasteiger partial charge in [0.25, 0.3) is 0 Å². The highest BCUT2D eigenvalue weighted by molar-refractivity contribution is 5.76. The monoisotopic (exact) mass is 270 g/mol. The third-order valence-corrected chi connectivity index (χ3v) is 2.18. The smallest absolute Gasteiger partial charge is 0.124 e. The van der Waals surface area contributed by atoms with Gasteiger partial charge in [0.1, 0.15) is 5.82 Å². The van der Waals surface area contributed by atoms with Gasteiger partial charge < -0.3 is 5.73 Å². The molecule has 0 unspecified atom stereocenters. The predicted octanol–water partition coefficient (Wildman–Crippen LogP) is 5.09. The molecule has 0 aliphatic heterocycles. The lowest BCUT2D eigenvalue weighted by atomic mass is 10.0. The number of nitrogens with zero attached hydrogens (tertiary/aromatic N) is 1. The fraction of sp³-hybridized carbons (Fsp3) is 0.278. The van der Waals surface area contributed by atoms with E-state index in [0.29, 0.717) is 5.82 Å². The van der Waals surface area contributed by atoms with E-state index in [-0.39, 0.29) is 0 Å².